The monoisotopic (exact) mass is 724 g/mol. The van der Waals surface area contributed by atoms with Gasteiger partial charge >= 0.3 is 35.0 Å². The van der Waals surface area contributed by atoms with Gasteiger partial charge in [0.15, 0.2) is 0 Å². The van der Waals surface area contributed by atoms with Gasteiger partial charge < -0.3 is 0 Å². The molecule has 5 heteroatoms. The van der Waals surface area contributed by atoms with Crippen LogP contribution in [0.2, 0.25) is 0 Å². The molecule has 0 aliphatic heterocycles. The van der Waals surface area contributed by atoms with Crippen molar-refractivity contribution in [3.8, 4) is 0 Å². The van der Waals surface area contributed by atoms with Crippen LogP contribution in [-0.4, -0.2) is 22.6 Å². The molecule has 0 N–H and O–H groups in total. The Kier molecular flexibility index (Phi) is 16.1. The predicted octanol–water partition coefficient (Wildman–Crippen LogP) is 11.9. The Balaban J connectivity index is 0.000000173. The number of rotatable bonds is 8. The molecule has 4 aliphatic carbocycles. The van der Waals surface area contributed by atoms with Crippen LogP contribution in [0.5, 0.6) is 0 Å². The van der Waals surface area contributed by atoms with Crippen molar-refractivity contribution in [1.29, 1.82) is 0 Å². The van der Waals surface area contributed by atoms with E-state index in [-0.39, 0.29) is 31.8 Å². The van der Waals surface area contributed by atoms with Crippen molar-refractivity contribution in [2.45, 2.75) is 152 Å². The minimum absolute atomic E-state index is 0.106. The summed E-state index contributed by atoms with van der Waals surface area (Å²) in [5.41, 5.74) is 7.48. The van der Waals surface area contributed by atoms with Crippen LogP contribution in [-0.2, 0) is 28.8 Å². The van der Waals surface area contributed by atoms with Gasteiger partial charge in [0, 0.05) is 0 Å². The molecule has 41 heavy (non-hydrogen) atoms. The van der Waals surface area contributed by atoms with Gasteiger partial charge in [-0.15, -0.1) is 0 Å². The van der Waals surface area contributed by atoms with Crippen LogP contribution >= 0.6 is 34.9 Å². The number of benzene rings is 2. The van der Waals surface area contributed by atoms with Gasteiger partial charge in [-0.1, -0.05) is 130 Å². The van der Waals surface area contributed by atoms with Crippen molar-refractivity contribution in [1.82, 2.24) is 0 Å². The van der Waals surface area contributed by atoms with Crippen LogP contribution in [0.15, 0.2) is 48.5 Å². The van der Waals surface area contributed by atoms with Gasteiger partial charge in [0.2, 0.25) is 0 Å². The summed E-state index contributed by atoms with van der Waals surface area (Å²) in [6.07, 6.45) is 26.5. The minimum atomic E-state index is -0.106. The maximum atomic E-state index is 4.81. The molecule has 6 rings (SSSR count). The van der Waals surface area contributed by atoms with Crippen LogP contribution in [0.25, 0.3) is 0 Å². The summed E-state index contributed by atoms with van der Waals surface area (Å²) in [4.78, 5) is 0. The molecule has 232 valence electrons. The molecule has 4 fully saturated rings. The average molecular weight is 726 g/mol. The molecule has 0 unspecified atom stereocenters. The van der Waals surface area contributed by atoms with E-state index in [1.165, 1.54) is 116 Å². The maximum absolute atomic E-state index is 4.81. The molecule has 0 radical (unpaired) electrons. The standard InChI is InChI=1S/2C18H27P.2ClH.Pd/c2*1-2-15-9-3-8-14-18(15)19(16-10-4-5-11-16)17-12-6-7-13-17;;;/h2*3,8-9,14,16-17H,2,4-7,10-13H2,1H3;2*1H;/q;;;;+2/p-2. The molecule has 0 bridgehead atoms. The van der Waals surface area contributed by atoms with Gasteiger partial charge in [0.05, 0.1) is 0 Å². The van der Waals surface area contributed by atoms with Crippen LogP contribution in [0.1, 0.15) is 128 Å². The molecule has 0 atom stereocenters. The Morgan fingerprint density at radius 1 is 0.512 bits per heavy atom. The first kappa shape index (κ1) is 34.4. The van der Waals surface area contributed by atoms with Crippen molar-refractivity contribution in [2.75, 3.05) is 0 Å². The molecule has 0 spiro atoms. The first-order valence-corrected chi connectivity index (χ1v) is 23.7. The van der Waals surface area contributed by atoms with E-state index in [2.05, 4.69) is 62.4 Å². The van der Waals surface area contributed by atoms with Crippen LogP contribution in [0.4, 0.5) is 0 Å². The zero-order valence-corrected chi connectivity index (χ0v) is 30.5. The molecule has 0 nitrogen and oxygen atoms in total. The van der Waals surface area contributed by atoms with E-state index in [1.807, 2.05) is 0 Å². The third-order valence-electron chi connectivity index (χ3n) is 10.2. The first-order valence-electron chi connectivity index (χ1n) is 16.8. The Hall–Kier alpha value is 0.542. The SMILES string of the molecule is CCc1ccccc1P(C1CCCC1)C1CCCC1.CCc1ccccc1P(C1CCCC1)C1CCCC1.[Cl][Pd][Cl]. The second-order valence-corrected chi connectivity index (χ2v) is 20.5. The van der Waals surface area contributed by atoms with Crippen LogP contribution < -0.4 is 10.6 Å². The van der Waals surface area contributed by atoms with E-state index >= 15 is 0 Å². The van der Waals surface area contributed by atoms with Crippen molar-refractivity contribution >= 4 is 45.5 Å². The molecule has 4 aliphatic rings. The Morgan fingerprint density at radius 2 is 0.756 bits per heavy atom. The normalized spacial score (nSPS) is 20.5. The van der Waals surface area contributed by atoms with Gasteiger partial charge in [0.25, 0.3) is 0 Å². The van der Waals surface area contributed by atoms with Crippen molar-refractivity contribution in [3.63, 3.8) is 0 Å². The number of halogens is 2. The predicted molar refractivity (Wildman–Crippen MR) is 185 cm³/mol. The Bertz CT molecular complexity index is 881. The fraction of sp³-hybridized carbons (Fsp3) is 0.667. The molecular weight excluding hydrogens is 672 g/mol. The summed E-state index contributed by atoms with van der Waals surface area (Å²) in [6, 6.07) is 18.8. The molecule has 2 aromatic carbocycles. The van der Waals surface area contributed by atoms with Crippen molar-refractivity contribution in [2.24, 2.45) is 0 Å². The van der Waals surface area contributed by atoms with Crippen LogP contribution in [0.3, 0.4) is 0 Å². The fourth-order valence-corrected chi connectivity index (χ4v) is 16.3. The van der Waals surface area contributed by atoms with Crippen molar-refractivity contribution < 1.29 is 15.9 Å². The second-order valence-electron chi connectivity index (χ2n) is 12.6. The number of hydrogen-bond acceptors (Lipinski definition) is 0. The van der Waals surface area contributed by atoms with Gasteiger partial charge in [-0.25, -0.2) is 0 Å². The van der Waals surface area contributed by atoms with E-state index < -0.39 is 0 Å². The van der Waals surface area contributed by atoms with Gasteiger partial charge in [-0.05, 0) is 109 Å². The van der Waals surface area contributed by atoms with Crippen molar-refractivity contribution in [3.05, 3.63) is 59.7 Å². The summed E-state index contributed by atoms with van der Waals surface area (Å²) in [5.74, 6) is 0. The van der Waals surface area contributed by atoms with Crippen LogP contribution in [0, 0.1) is 0 Å². The molecule has 0 saturated heterocycles. The Morgan fingerprint density at radius 3 is 1.00 bits per heavy atom. The third-order valence-corrected chi connectivity index (χ3v) is 17.4. The molecule has 4 saturated carbocycles. The molecule has 0 aromatic heterocycles. The Labute approximate surface area is 271 Å². The second kappa shape index (κ2) is 19.1. The number of hydrogen-bond donors (Lipinski definition) is 0. The summed E-state index contributed by atoms with van der Waals surface area (Å²) < 4.78 is 0. The average Bonchev–Trinajstić information content (AvgIpc) is 3.84. The molecule has 2 aromatic rings. The third kappa shape index (κ3) is 9.76. The first-order chi connectivity index (χ1) is 20.2. The van der Waals surface area contributed by atoms with E-state index in [0.29, 0.717) is 0 Å². The zero-order chi connectivity index (χ0) is 28.9. The molecule has 0 amide bonds. The van der Waals surface area contributed by atoms with E-state index in [1.54, 1.807) is 21.7 Å². The summed E-state index contributed by atoms with van der Waals surface area (Å²) in [6.45, 7) is 4.66. The van der Waals surface area contributed by atoms with Gasteiger partial charge in [-0.3, -0.25) is 0 Å². The topological polar surface area (TPSA) is 0 Å². The van der Waals surface area contributed by atoms with Gasteiger partial charge in [-0.2, -0.15) is 0 Å². The zero-order valence-electron chi connectivity index (χ0n) is 25.6. The van der Waals surface area contributed by atoms with E-state index in [9.17, 15) is 0 Å². The summed E-state index contributed by atoms with van der Waals surface area (Å²) in [5, 5.41) is 3.55. The quantitative estimate of drug-likeness (QED) is 0.188. The summed E-state index contributed by atoms with van der Waals surface area (Å²) in [7, 11) is 9.86. The molecule has 0 heterocycles. The summed E-state index contributed by atoms with van der Waals surface area (Å²) >= 11 is -0.106. The van der Waals surface area contributed by atoms with Gasteiger partial charge in [0.1, 0.15) is 0 Å². The van der Waals surface area contributed by atoms with E-state index in [4.69, 9.17) is 19.1 Å². The number of aryl methyl sites for hydroxylation is 2. The molecular formula is C36H54Cl2P2Pd. The van der Waals surface area contributed by atoms with E-state index in [0.717, 1.165) is 22.6 Å². The fourth-order valence-electron chi connectivity index (χ4n) is 8.24.